The Labute approximate surface area is 168 Å². The first-order valence-electron chi connectivity index (χ1n) is 10.2. The zero-order valence-corrected chi connectivity index (χ0v) is 18.3. The van der Waals surface area contributed by atoms with E-state index in [9.17, 15) is 0 Å². The van der Waals surface area contributed by atoms with Crippen molar-refractivity contribution in [3.63, 3.8) is 0 Å². The fourth-order valence-corrected chi connectivity index (χ4v) is 3.75. The van der Waals surface area contributed by atoms with E-state index < -0.39 is 0 Å². The van der Waals surface area contributed by atoms with Crippen LogP contribution >= 0.6 is 11.8 Å². The fraction of sp³-hybridized carbons (Fsp3) is 0.842. The third-order valence-corrected chi connectivity index (χ3v) is 5.93. The van der Waals surface area contributed by atoms with Gasteiger partial charge >= 0.3 is 0 Å². The molecular weight excluding hydrogens is 358 g/mol. The molecule has 154 valence electrons. The van der Waals surface area contributed by atoms with Crippen LogP contribution in [-0.4, -0.2) is 69.9 Å². The molecule has 1 fully saturated rings. The molecule has 0 aliphatic carbocycles. The van der Waals surface area contributed by atoms with Gasteiger partial charge in [-0.2, -0.15) is 11.8 Å². The van der Waals surface area contributed by atoms with Crippen molar-refractivity contribution in [2.24, 2.45) is 12.0 Å². The normalized spacial score (nSPS) is 18.7. The van der Waals surface area contributed by atoms with Gasteiger partial charge in [-0.1, -0.05) is 6.42 Å². The highest BCUT2D eigenvalue weighted by molar-refractivity contribution is 7.98. The molecule has 2 N–H and O–H groups in total. The lowest BCUT2D eigenvalue weighted by atomic mass is 10.0. The highest BCUT2D eigenvalue weighted by Crippen LogP contribution is 2.16. The predicted molar refractivity (Wildman–Crippen MR) is 115 cm³/mol. The molecule has 2 rings (SSSR count). The maximum absolute atomic E-state index is 4.72. The van der Waals surface area contributed by atoms with Crippen molar-refractivity contribution in [1.29, 1.82) is 0 Å². The van der Waals surface area contributed by atoms with E-state index in [2.05, 4.69) is 38.9 Å². The van der Waals surface area contributed by atoms with Gasteiger partial charge in [0.15, 0.2) is 11.8 Å². The molecule has 8 heteroatoms. The molecule has 1 saturated heterocycles. The third-order valence-electron chi connectivity index (χ3n) is 5.23. The molecule has 0 bridgehead atoms. The molecule has 1 aromatic rings. The summed E-state index contributed by atoms with van der Waals surface area (Å²) < 4.78 is 1.99. The van der Waals surface area contributed by atoms with Gasteiger partial charge in [-0.05, 0) is 58.1 Å². The number of rotatable bonds is 10. The van der Waals surface area contributed by atoms with Crippen LogP contribution in [0.25, 0.3) is 0 Å². The van der Waals surface area contributed by atoms with E-state index in [1.807, 2.05) is 30.3 Å². The number of guanidine groups is 1. The summed E-state index contributed by atoms with van der Waals surface area (Å²) in [5.74, 6) is 3.84. The number of thioether (sulfide) groups is 1. The van der Waals surface area contributed by atoms with Crippen LogP contribution in [0.5, 0.6) is 0 Å². The largest absolute Gasteiger partial charge is 0.356 e. The van der Waals surface area contributed by atoms with Gasteiger partial charge in [0, 0.05) is 32.7 Å². The molecule has 2 heterocycles. The maximum Gasteiger partial charge on any atom is 0.191 e. The summed E-state index contributed by atoms with van der Waals surface area (Å²) in [4.78, 5) is 7.34. The second kappa shape index (κ2) is 12.2. The Hall–Kier alpha value is -1.28. The van der Waals surface area contributed by atoms with E-state index in [-0.39, 0.29) is 0 Å². The SMILES string of the molecule is CSCCCNC(=NCc1nnc(C)n1C)NCCCN1CCCCC1C. The number of aliphatic imine (C=N–C) groups is 1. The van der Waals surface area contributed by atoms with Crippen molar-refractivity contribution in [2.75, 3.05) is 38.2 Å². The molecule has 1 unspecified atom stereocenters. The molecule has 7 nitrogen and oxygen atoms in total. The lowest BCUT2D eigenvalue weighted by Gasteiger charge is -2.33. The van der Waals surface area contributed by atoms with E-state index in [1.165, 1.54) is 25.8 Å². The van der Waals surface area contributed by atoms with Crippen LogP contribution < -0.4 is 10.6 Å². The van der Waals surface area contributed by atoms with Crippen molar-refractivity contribution in [1.82, 2.24) is 30.3 Å². The van der Waals surface area contributed by atoms with Gasteiger partial charge in [0.1, 0.15) is 12.4 Å². The summed E-state index contributed by atoms with van der Waals surface area (Å²) >= 11 is 1.88. The van der Waals surface area contributed by atoms with Crippen LogP contribution in [0.15, 0.2) is 4.99 Å². The van der Waals surface area contributed by atoms with Gasteiger partial charge in [-0.3, -0.25) is 0 Å². The van der Waals surface area contributed by atoms with E-state index >= 15 is 0 Å². The summed E-state index contributed by atoms with van der Waals surface area (Å²) in [6, 6.07) is 0.732. The van der Waals surface area contributed by atoms with Crippen LogP contribution in [0.3, 0.4) is 0 Å². The predicted octanol–water partition coefficient (Wildman–Crippen LogP) is 2.18. The lowest BCUT2D eigenvalue weighted by Crippen LogP contribution is -2.41. The highest BCUT2D eigenvalue weighted by atomic mass is 32.2. The second-order valence-corrected chi connectivity index (χ2v) is 8.31. The average molecular weight is 396 g/mol. The number of aryl methyl sites for hydroxylation is 1. The van der Waals surface area contributed by atoms with Crippen LogP contribution in [0.1, 0.15) is 50.7 Å². The number of hydrogen-bond donors (Lipinski definition) is 2. The topological polar surface area (TPSA) is 70.4 Å². The van der Waals surface area contributed by atoms with E-state index in [1.54, 1.807) is 0 Å². The minimum Gasteiger partial charge on any atom is -0.356 e. The standard InChI is InChI=1S/C19H37N7S/c1-16-9-5-6-12-26(16)13-7-10-20-19(21-11-8-14-27-4)22-15-18-24-23-17(2)25(18)3/h16H,5-15H2,1-4H3,(H2,20,21,22). The van der Waals surface area contributed by atoms with Gasteiger partial charge < -0.3 is 20.1 Å². The molecule has 1 aliphatic heterocycles. The van der Waals surface area contributed by atoms with Crippen LogP contribution in [0.4, 0.5) is 0 Å². The first kappa shape index (κ1) is 22.0. The summed E-state index contributed by atoms with van der Waals surface area (Å²) in [5.41, 5.74) is 0. The van der Waals surface area contributed by atoms with Crippen molar-refractivity contribution < 1.29 is 0 Å². The molecule has 27 heavy (non-hydrogen) atoms. The van der Waals surface area contributed by atoms with E-state index in [4.69, 9.17) is 4.99 Å². The van der Waals surface area contributed by atoms with Crippen LogP contribution in [0, 0.1) is 6.92 Å². The molecule has 0 spiro atoms. The van der Waals surface area contributed by atoms with Gasteiger partial charge in [0.05, 0.1) is 0 Å². The molecular formula is C19H37N7S. The zero-order valence-electron chi connectivity index (χ0n) is 17.5. The number of piperidine rings is 1. The smallest absolute Gasteiger partial charge is 0.191 e. The number of nitrogens with one attached hydrogen (secondary N) is 2. The van der Waals surface area contributed by atoms with Crippen molar-refractivity contribution in [3.8, 4) is 0 Å². The molecule has 1 atom stereocenters. The summed E-state index contributed by atoms with van der Waals surface area (Å²) in [6.45, 7) is 9.15. The first-order chi connectivity index (χ1) is 13.1. The first-order valence-corrected chi connectivity index (χ1v) is 11.6. The Morgan fingerprint density at radius 1 is 1.22 bits per heavy atom. The molecule has 1 aromatic heterocycles. The van der Waals surface area contributed by atoms with Gasteiger partial charge in [0.25, 0.3) is 0 Å². The Bertz CT molecular complexity index is 572. The van der Waals surface area contributed by atoms with Crippen LogP contribution in [0.2, 0.25) is 0 Å². The minimum absolute atomic E-state index is 0.540. The Kier molecular flexibility index (Phi) is 9.97. The summed E-state index contributed by atoms with van der Waals surface area (Å²) in [5, 5.41) is 15.3. The monoisotopic (exact) mass is 395 g/mol. The number of nitrogens with zero attached hydrogens (tertiary/aromatic N) is 5. The van der Waals surface area contributed by atoms with E-state index in [0.717, 1.165) is 61.9 Å². The molecule has 0 amide bonds. The molecule has 1 aliphatic rings. The summed E-state index contributed by atoms with van der Waals surface area (Å²) in [6.07, 6.45) is 8.49. The van der Waals surface area contributed by atoms with Gasteiger partial charge in [0.2, 0.25) is 0 Å². The maximum atomic E-state index is 4.72. The number of likely N-dealkylation sites (tertiary alicyclic amines) is 1. The third kappa shape index (κ3) is 7.70. The van der Waals surface area contributed by atoms with Crippen molar-refractivity contribution in [2.45, 2.75) is 58.5 Å². The minimum atomic E-state index is 0.540. The summed E-state index contributed by atoms with van der Waals surface area (Å²) in [7, 11) is 1.99. The van der Waals surface area contributed by atoms with Crippen molar-refractivity contribution in [3.05, 3.63) is 11.6 Å². The number of hydrogen-bond acceptors (Lipinski definition) is 5. The zero-order chi connectivity index (χ0) is 19.5. The Morgan fingerprint density at radius 3 is 2.67 bits per heavy atom. The Balaban J connectivity index is 1.79. The van der Waals surface area contributed by atoms with Gasteiger partial charge in [-0.15, -0.1) is 10.2 Å². The average Bonchev–Trinajstić information content (AvgIpc) is 2.99. The Morgan fingerprint density at radius 2 is 2.00 bits per heavy atom. The van der Waals surface area contributed by atoms with Crippen LogP contribution in [-0.2, 0) is 13.6 Å². The molecule has 0 saturated carbocycles. The lowest BCUT2D eigenvalue weighted by molar-refractivity contribution is 0.159. The number of aromatic nitrogens is 3. The fourth-order valence-electron chi connectivity index (χ4n) is 3.31. The van der Waals surface area contributed by atoms with Crippen molar-refractivity contribution >= 4 is 17.7 Å². The molecule has 0 aromatic carbocycles. The second-order valence-electron chi connectivity index (χ2n) is 7.32. The van der Waals surface area contributed by atoms with E-state index in [0.29, 0.717) is 6.54 Å². The highest BCUT2D eigenvalue weighted by Gasteiger charge is 2.17. The quantitative estimate of drug-likeness (QED) is 0.359. The van der Waals surface area contributed by atoms with Gasteiger partial charge in [-0.25, -0.2) is 4.99 Å². The molecule has 0 radical (unpaired) electrons.